The molecule has 90 valence electrons. The van der Waals surface area contributed by atoms with E-state index in [9.17, 15) is 0 Å². The second-order valence-corrected chi connectivity index (χ2v) is 4.66. The molecule has 4 nitrogen and oxygen atoms in total. The van der Waals surface area contributed by atoms with Gasteiger partial charge in [0.1, 0.15) is 0 Å². The molecule has 1 fully saturated rings. The van der Waals surface area contributed by atoms with Gasteiger partial charge >= 0.3 is 0 Å². The smallest absolute Gasteiger partial charge is 0.0537 e. The maximum Gasteiger partial charge on any atom is 0.0537 e. The Kier molecular flexibility index (Phi) is 3.61. The van der Waals surface area contributed by atoms with Crippen LogP contribution in [0.25, 0.3) is 0 Å². The van der Waals surface area contributed by atoms with E-state index >= 15 is 0 Å². The van der Waals surface area contributed by atoms with Gasteiger partial charge in [-0.25, -0.2) is 0 Å². The number of hydrogen-bond acceptors (Lipinski definition) is 3. The summed E-state index contributed by atoms with van der Waals surface area (Å²) in [4.78, 5) is 2.44. The molecule has 1 aliphatic rings. The molecule has 0 saturated carbocycles. The highest BCUT2D eigenvalue weighted by Crippen LogP contribution is 2.35. The van der Waals surface area contributed by atoms with Crippen molar-refractivity contribution in [3.8, 4) is 0 Å². The summed E-state index contributed by atoms with van der Waals surface area (Å²) in [7, 11) is 4.24. The van der Waals surface area contributed by atoms with Crippen LogP contribution in [0.15, 0.2) is 12.4 Å². The predicted molar refractivity (Wildman–Crippen MR) is 65.3 cm³/mol. The second-order valence-electron chi connectivity index (χ2n) is 4.66. The van der Waals surface area contributed by atoms with E-state index in [4.69, 9.17) is 0 Å². The molecule has 0 aliphatic carbocycles. The third kappa shape index (κ3) is 2.13. The molecule has 1 saturated heterocycles. The fourth-order valence-corrected chi connectivity index (χ4v) is 2.73. The van der Waals surface area contributed by atoms with Crippen molar-refractivity contribution in [3.05, 3.63) is 18.0 Å². The van der Waals surface area contributed by atoms with Crippen LogP contribution in [0.4, 0.5) is 0 Å². The molecule has 0 spiro atoms. The Morgan fingerprint density at radius 2 is 2.38 bits per heavy atom. The lowest BCUT2D eigenvalue weighted by atomic mass is 9.96. The van der Waals surface area contributed by atoms with E-state index in [1.165, 1.54) is 18.5 Å². The minimum Gasteiger partial charge on any atom is -0.319 e. The SMILES string of the molecule is CCn1cc(C2C(CNC)CCN2C)cn1. The van der Waals surface area contributed by atoms with Crippen LogP contribution >= 0.6 is 0 Å². The molecule has 16 heavy (non-hydrogen) atoms. The highest BCUT2D eigenvalue weighted by Gasteiger charge is 2.33. The van der Waals surface area contributed by atoms with Gasteiger partial charge in [-0.05, 0) is 46.4 Å². The van der Waals surface area contributed by atoms with Gasteiger partial charge in [0.05, 0.1) is 6.20 Å². The largest absolute Gasteiger partial charge is 0.319 e. The van der Waals surface area contributed by atoms with Gasteiger partial charge in [-0.15, -0.1) is 0 Å². The molecule has 1 N–H and O–H groups in total. The number of likely N-dealkylation sites (tertiary alicyclic amines) is 1. The molecule has 0 amide bonds. The van der Waals surface area contributed by atoms with E-state index in [1.54, 1.807) is 0 Å². The van der Waals surface area contributed by atoms with Crippen molar-refractivity contribution in [2.75, 3.05) is 27.2 Å². The average Bonchev–Trinajstić information content (AvgIpc) is 2.86. The summed E-state index contributed by atoms with van der Waals surface area (Å²) >= 11 is 0. The molecule has 0 radical (unpaired) electrons. The maximum absolute atomic E-state index is 4.38. The lowest BCUT2D eigenvalue weighted by Gasteiger charge is -2.23. The van der Waals surface area contributed by atoms with Crippen LogP contribution in [0, 0.1) is 5.92 Å². The zero-order valence-corrected chi connectivity index (χ0v) is 10.5. The van der Waals surface area contributed by atoms with Crippen LogP contribution < -0.4 is 5.32 Å². The fraction of sp³-hybridized carbons (Fsp3) is 0.750. The zero-order valence-electron chi connectivity index (χ0n) is 10.5. The molecular formula is C12H22N4. The van der Waals surface area contributed by atoms with Crippen molar-refractivity contribution in [3.63, 3.8) is 0 Å². The first-order valence-corrected chi connectivity index (χ1v) is 6.13. The van der Waals surface area contributed by atoms with Crippen LogP contribution in [0.5, 0.6) is 0 Å². The summed E-state index contributed by atoms with van der Waals surface area (Å²) in [6, 6.07) is 0.535. The van der Waals surface area contributed by atoms with E-state index in [0.717, 1.165) is 13.1 Å². The summed E-state index contributed by atoms with van der Waals surface area (Å²) < 4.78 is 2.01. The summed E-state index contributed by atoms with van der Waals surface area (Å²) in [6.45, 7) is 5.36. The molecule has 1 aromatic heterocycles. The van der Waals surface area contributed by atoms with Crippen molar-refractivity contribution in [2.45, 2.75) is 25.9 Å². The first-order valence-electron chi connectivity index (χ1n) is 6.13. The first kappa shape index (κ1) is 11.6. The van der Waals surface area contributed by atoms with Gasteiger partial charge in [-0.1, -0.05) is 0 Å². The van der Waals surface area contributed by atoms with E-state index in [2.05, 4.69) is 35.5 Å². The van der Waals surface area contributed by atoms with E-state index in [0.29, 0.717) is 12.0 Å². The maximum atomic E-state index is 4.38. The van der Waals surface area contributed by atoms with E-state index in [1.807, 2.05) is 17.9 Å². The van der Waals surface area contributed by atoms with Gasteiger partial charge < -0.3 is 5.32 Å². The van der Waals surface area contributed by atoms with Crippen molar-refractivity contribution >= 4 is 0 Å². The average molecular weight is 222 g/mol. The van der Waals surface area contributed by atoms with Gasteiger partial charge in [-0.3, -0.25) is 9.58 Å². The summed E-state index contributed by atoms with van der Waals surface area (Å²) in [5.41, 5.74) is 1.36. The van der Waals surface area contributed by atoms with E-state index in [-0.39, 0.29) is 0 Å². The lowest BCUT2D eigenvalue weighted by Crippen LogP contribution is -2.26. The van der Waals surface area contributed by atoms with Crippen LogP contribution in [0.3, 0.4) is 0 Å². The molecule has 2 atom stereocenters. The Morgan fingerprint density at radius 3 is 3.00 bits per heavy atom. The fourth-order valence-electron chi connectivity index (χ4n) is 2.73. The number of rotatable bonds is 4. The second kappa shape index (κ2) is 4.97. The third-order valence-corrected chi connectivity index (χ3v) is 3.56. The van der Waals surface area contributed by atoms with Crippen molar-refractivity contribution in [2.24, 2.45) is 5.92 Å². The number of nitrogens with one attached hydrogen (secondary N) is 1. The first-order chi connectivity index (χ1) is 7.76. The summed E-state index contributed by atoms with van der Waals surface area (Å²) in [5, 5.41) is 7.67. The Bertz CT molecular complexity index is 332. The van der Waals surface area contributed by atoms with Gasteiger partial charge in [-0.2, -0.15) is 5.10 Å². The molecule has 1 aliphatic heterocycles. The topological polar surface area (TPSA) is 33.1 Å². The number of nitrogens with zero attached hydrogens (tertiary/aromatic N) is 3. The molecule has 1 aromatic rings. The van der Waals surface area contributed by atoms with Gasteiger partial charge in [0.15, 0.2) is 0 Å². The highest BCUT2D eigenvalue weighted by molar-refractivity contribution is 5.14. The van der Waals surface area contributed by atoms with Crippen molar-refractivity contribution in [1.29, 1.82) is 0 Å². The summed E-state index contributed by atoms with van der Waals surface area (Å²) in [5.74, 6) is 0.713. The van der Waals surface area contributed by atoms with Gasteiger partial charge in [0.2, 0.25) is 0 Å². The molecule has 2 unspecified atom stereocenters. The van der Waals surface area contributed by atoms with Crippen molar-refractivity contribution < 1.29 is 0 Å². The molecule has 0 bridgehead atoms. The lowest BCUT2D eigenvalue weighted by molar-refractivity contribution is 0.274. The minimum atomic E-state index is 0.535. The molecule has 0 aromatic carbocycles. The molecular weight excluding hydrogens is 200 g/mol. The van der Waals surface area contributed by atoms with Gasteiger partial charge in [0.25, 0.3) is 0 Å². The van der Waals surface area contributed by atoms with Crippen molar-refractivity contribution in [1.82, 2.24) is 20.0 Å². The standard InChI is InChI=1S/C12H22N4/c1-4-16-9-11(8-14-16)12-10(7-13-2)5-6-15(12)3/h8-10,12-13H,4-7H2,1-3H3. The molecule has 4 heteroatoms. The highest BCUT2D eigenvalue weighted by atomic mass is 15.3. The monoisotopic (exact) mass is 222 g/mol. The number of aromatic nitrogens is 2. The third-order valence-electron chi connectivity index (χ3n) is 3.56. The molecule has 2 rings (SSSR count). The molecule has 2 heterocycles. The Morgan fingerprint density at radius 1 is 1.56 bits per heavy atom. The summed E-state index contributed by atoms with van der Waals surface area (Å²) in [6.07, 6.45) is 5.49. The minimum absolute atomic E-state index is 0.535. The van der Waals surface area contributed by atoms with Crippen LogP contribution in [-0.4, -0.2) is 41.9 Å². The number of aryl methyl sites for hydroxylation is 1. The Balaban J connectivity index is 2.15. The van der Waals surface area contributed by atoms with Crippen LogP contribution in [0.2, 0.25) is 0 Å². The Hall–Kier alpha value is -0.870. The van der Waals surface area contributed by atoms with Gasteiger partial charge in [0, 0.05) is 24.3 Å². The van der Waals surface area contributed by atoms with Crippen LogP contribution in [-0.2, 0) is 6.54 Å². The zero-order chi connectivity index (χ0) is 11.5. The normalized spacial score (nSPS) is 26.4. The Labute approximate surface area is 97.6 Å². The quantitative estimate of drug-likeness (QED) is 0.828. The predicted octanol–water partition coefficient (Wildman–Crippen LogP) is 1.12. The van der Waals surface area contributed by atoms with E-state index < -0.39 is 0 Å². The number of hydrogen-bond donors (Lipinski definition) is 1. The van der Waals surface area contributed by atoms with Crippen LogP contribution in [0.1, 0.15) is 24.9 Å².